The van der Waals surface area contributed by atoms with Crippen LogP contribution < -0.4 is 0 Å². The second kappa shape index (κ2) is 4.10. The summed E-state index contributed by atoms with van der Waals surface area (Å²) in [7, 11) is 0. The van der Waals surface area contributed by atoms with E-state index in [1.165, 1.54) is 0 Å². The molecule has 0 spiro atoms. The second-order valence-corrected chi connectivity index (χ2v) is 3.17. The average molecular weight is 168 g/mol. The zero-order valence-electron chi connectivity index (χ0n) is 7.96. The van der Waals surface area contributed by atoms with Crippen molar-refractivity contribution in [2.45, 2.75) is 26.4 Å². The molecule has 0 rings (SSSR count). The van der Waals surface area contributed by atoms with Crippen LogP contribution >= 0.6 is 0 Å². The highest BCUT2D eigenvalue weighted by Crippen LogP contribution is 2.22. The lowest BCUT2D eigenvalue weighted by atomic mass is 9.92. The first kappa shape index (κ1) is 11.0. The van der Waals surface area contributed by atoms with E-state index in [9.17, 15) is 4.79 Å². The number of ether oxygens (including phenoxy) is 1. The molecule has 0 aromatic heterocycles. The number of rotatable bonds is 4. The molecule has 68 valence electrons. The molecule has 2 heteroatoms. The lowest BCUT2D eigenvalue weighted by Crippen LogP contribution is -2.34. The zero-order valence-corrected chi connectivity index (χ0v) is 7.96. The van der Waals surface area contributed by atoms with Gasteiger partial charge in [0, 0.05) is 6.08 Å². The van der Waals surface area contributed by atoms with Gasteiger partial charge in [-0.15, -0.1) is 0 Å². The van der Waals surface area contributed by atoms with Crippen LogP contribution in [0.1, 0.15) is 20.8 Å². The first-order valence-electron chi connectivity index (χ1n) is 3.95. The van der Waals surface area contributed by atoms with Crippen LogP contribution in [0, 0.1) is 5.92 Å². The maximum atomic E-state index is 10.9. The lowest BCUT2D eigenvalue weighted by molar-refractivity contribution is -0.150. The monoisotopic (exact) mass is 168 g/mol. The van der Waals surface area contributed by atoms with Crippen molar-refractivity contribution in [3.8, 4) is 0 Å². The molecule has 0 aliphatic carbocycles. The van der Waals surface area contributed by atoms with Crippen LogP contribution in [0.3, 0.4) is 0 Å². The summed E-state index contributed by atoms with van der Waals surface area (Å²) in [5.74, 6) is -0.204. The first-order valence-corrected chi connectivity index (χ1v) is 3.95. The molecule has 0 aliphatic rings. The van der Waals surface area contributed by atoms with Crippen LogP contribution in [0.15, 0.2) is 25.3 Å². The SMILES string of the molecule is C=CC(=O)OC(C)(C=C)C(C)C. The predicted octanol–water partition coefficient (Wildman–Crippen LogP) is 2.32. The third-order valence-electron chi connectivity index (χ3n) is 2.04. The summed E-state index contributed by atoms with van der Waals surface area (Å²) in [6.07, 6.45) is 2.79. The van der Waals surface area contributed by atoms with Crippen LogP contribution in [0.5, 0.6) is 0 Å². The number of hydrogen-bond donors (Lipinski definition) is 0. The van der Waals surface area contributed by atoms with E-state index in [1.54, 1.807) is 6.08 Å². The van der Waals surface area contributed by atoms with Crippen LogP contribution in [-0.2, 0) is 9.53 Å². The normalized spacial score (nSPS) is 15.0. The molecular formula is C10H16O2. The van der Waals surface area contributed by atoms with Crippen LogP contribution in [-0.4, -0.2) is 11.6 Å². The van der Waals surface area contributed by atoms with Gasteiger partial charge in [0.1, 0.15) is 5.60 Å². The van der Waals surface area contributed by atoms with E-state index in [0.717, 1.165) is 6.08 Å². The van der Waals surface area contributed by atoms with E-state index < -0.39 is 11.6 Å². The number of carbonyl (C=O) groups excluding carboxylic acids is 1. The third-order valence-corrected chi connectivity index (χ3v) is 2.04. The Morgan fingerprint density at radius 1 is 1.50 bits per heavy atom. The van der Waals surface area contributed by atoms with Gasteiger partial charge in [-0.2, -0.15) is 0 Å². The van der Waals surface area contributed by atoms with Gasteiger partial charge in [0.2, 0.25) is 0 Å². The van der Waals surface area contributed by atoms with Crippen LogP contribution in [0.2, 0.25) is 0 Å². The summed E-state index contributed by atoms with van der Waals surface area (Å²) < 4.78 is 5.12. The fourth-order valence-corrected chi connectivity index (χ4v) is 0.654. The van der Waals surface area contributed by atoms with Gasteiger partial charge in [-0.05, 0) is 18.9 Å². The van der Waals surface area contributed by atoms with E-state index in [-0.39, 0.29) is 5.92 Å². The maximum Gasteiger partial charge on any atom is 0.331 e. The summed E-state index contributed by atoms with van der Waals surface area (Å²) in [5.41, 5.74) is -0.592. The fraction of sp³-hybridized carbons (Fsp3) is 0.500. The highest BCUT2D eigenvalue weighted by Gasteiger charge is 2.27. The van der Waals surface area contributed by atoms with E-state index in [1.807, 2.05) is 20.8 Å². The second-order valence-electron chi connectivity index (χ2n) is 3.17. The topological polar surface area (TPSA) is 26.3 Å². The van der Waals surface area contributed by atoms with Gasteiger partial charge >= 0.3 is 5.97 Å². The van der Waals surface area contributed by atoms with Crippen molar-refractivity contribution in [3.63, 3.8) is 0 Å². The molecule has 1 atom stereocenters. The molecule has 0 saturated carbocycles. The van der Waals surface area contributed by atoms with E-state index in [2.05, 4.69) is 13.2 Å². The molecule has 1 unspecified atom stereocenters. The van der Waals surface area contributed by atoms with Crippen molar-refractivity contribution in [3.05, 3.63) is 25.3 Å². The van der Waals surface area contributed by atoms with Crippen LogP contribution in [0.25, 0.3) is 0 Å². The number of hydrogen-bond acceptors (Lipinski definition) is 2. The van der Waals surface area contributed by atoms with E-state index in [4.69, 9.17) is 4.74 Å². The smallest absolute Gasteiger partial charge is 0.331 e. The number of carbonyl (C=O) groups is 1. The molecule has 0 saturated heterocycles. The molecule has 0 amide bonds. The predicted molar refractivity (Wildman–Crippen MR) is 49.7 cm³/mol. The fourth-order valence-electron chi connectivity index (χ4n) is 0.654. The Balaban J connectivity index is 4.44. The standard InChI is InChI=1S/C10H16O2/c1-6-9(11)12-10(5,7-2)8(3)4/h6-8H,1-2H2,3-5H3. The maximum absolute atomic E-state index is 10.9. The van der Waals surface area contributed by atoms with Crippen molar-refractivity contribution in [2.24, 2.45) is 5.92 Å². The number of esters is 1. The lowest BCUT2D eigenvalue weighted by Gasteiger charge is -2.29. The zero-order chi connectivity index (χ0) is 9.78. The van der Waals surface area contributed by atoms with Gasteiger partial charge < -0.3 is 4.74 Å². The quantitative estimate of drug-likeness (QED) is 0.366. The van der Waals surface area contributed by atoms with Gasteiger partial charge in [0.15, 0.2) is 0 Å². The molecule has 0 aromatic carbocycles. The minimum Gasteiger partial charge on any atom is -0.452 e. The summed E-state index contributed by atoms with van der Waals surface area (Å²) >= 11 is 0. The van der Waals surface area contributed by atoms with Gasteiger partial charge in [0.25, 0.3) is 0 Å². The summed E-state index contributed by atoms with van der Waals surface area (Å²) in [6, 6.07) is 0. The molecule has 0 N–H and O–H groups in total. The Kier molecular flexibility index (Phi) is 3.74. The summed E-state index contributed by atoms with van der Waals surface area (Å²) in [5, 5.41) is 0. The van der Waals surface area contributed by atoms with Crippen molar-refractivity contribution in [2.75, 3.05) is 0 Å². The van der Waals surface area contributed by atoms with Gasteiger partial charge in [-0.25, -0.2) is 4.79 Å². The molecule has 0 fully saturated rings. The molecule has 2 nitrogen and oxygen atoms in total. The highest BCUT2D eigenvalue weighted by atomic mass is 16.6. The minimum absolute atomic E-state index is 0.207. The molecular weight excluding hydrogens is 152 g/mol. The van der Waals surface area contributed by atoms with E-state index >= 15 is 0 Å². The molecule has 0 heterocycles. The van der Waals surface area contributed by atoms with Crippen LogP contribution in [0.4, 0.5) is 0 Å². The molecule has 12 heavy (non-hydrogen) atoms. The Morgan fingerprint density at radius 2 is 2.00 bits per heavy atom. The van der Waals surface area contributed by atoms with Crippen molar-refractivity contribution in [1.82, 2.24) is 0 Å². The molecule has 0 radical (unpaired) electrons. The average Bonchev–Trinajstić information content (AvgIpc) is 2.03. The molecule has 0 aromatic rings. The van der Waals surface area contributed by atoms with Crippen molar-refractivity contribution < 1.29 is 9.53 Å². The largest absolute Gasteiger partial charge is 0.452 e. The first-order chi connectivity index (χ1) is 5.46. The summed E-state index contributed by atoms with van der Waals surface area (Å²) in [6.45, 7) is 12.7. The highest BCUT2D eigenvalue weighted by molar-refractivity contribution is 5.81. The molecule has 0 bridgehead atoms. The minimum atomic E-state index is -0.592. The van der Waals surface area contributed by atoms with Gasteiger partial charge in [0.05, 0.1) is 0 Å². The Bertz CT molecular complexity index is 194. The van der Waals surface area contributed by atoms with Crippen molar-refractivity contribution >= 4 is 5.97 Å². The van der Waals surface area contributed by atoms with E-state index in [0.29, 0.717) is 0 Å². The third kappa shape index (κ3) is 2.53. The van der Waals surface area contributed by atoms with Crippen molar-refractivity contribution in [1.29, 1.82) is 0 Å². The van der Waals surface area contributed by atoms with Gasteiger partial charge in [-0.3, -0.25) is 0 Å². The summed E-state index contributed by atoms with van der Waals surface area (Å²) in [4.78, 5) is 10.9. The Labute approximate surface area is 73.9 Å². The molecule has 0 aliphatic heterocycles. The Morgan fingerprint density at radius 3 is 2.25 bits per heavy atom. The Hall–Kier alpha value is -1.05. The van der Waals surface area contributed by atoms with Gasteiger partial charge in [-0.1, -0.05) is 27.0 Å².